The number of nitrogens with one attached hydrogen (secondary N) is 2. The summed E-state index contributed by atoms with van der Waals surface area (Å²) in [5.41, 5.74) is -0.595. The van der Waals surface area contributed by atoms with E-state index in [4.69, 9.17) is 9.47 Å². The summed E-state index contributed by atoms with van der Waals surface area (Å²) in [7, 11) is 0. The van der Waals surface area contributed by atoms with Gasteiger partial charge < -0.3 is 14.8 Å². The van der Waals surface area contributed by atoms with Crippen molar-refractivity contribution in [3.05, 3.63) is 0 Å². The van der Waals surface area contributed by atoms with Gasteiger partial charge in [0.25, 0.3) is 0 Å². The molecule has 0 aromatic rings. The minimum atomic E-state index is -0.595. The second kappa shape index (κ2) is 7.18. The van der Waals surface area contributed by atoms with Crippen LogP contribution in [0.1, 0.15) is 34.1 Å². The Kier molecular flexibility index (Phi) is 5.64. The van der Waals surface area contributed by atoms with Crippen LogP contribution in [0.2, 0.25) is 0 Å². The van der Waals surface area contributed by atoms with Crippen molar-refractivity contribution in [2.24, 2.45) is 5.92 Å². The van der Waals surface area contributed by atoms with Gasteiger partial charge in [0.15, 0.2) is 0 Å². The molecule has 24 heavy (non-hydrogen) atoms. The summed E-state index contributed by atoms with van der Waals surface area (Å²) in [6.07, 6.45) is -0.974. The first-order valence-corrected chi connectivity index (χ1v) is 8.61. The molecule has 4 atom stereocenters. The Labute approximate surface area is 147 Å². The van der Waals surface area contributed by atoms with Gasteiger partial charge in [-0.25, -0.2) is 9.59 Å². The number of hydrogen-bond donors (Lipinski definition) is 3. The number of hydrogen-bond acceptors (Lipinski definition) is 6. The zero-order valence-corrected chi connectivity index (χ0v) is 15.3. The molecule has 8 nitrogen and oxygen atoms in total. The molecule has 0 aromatic carbocycles. The summed E-state index contributed by atoms with van der Waals surface area (Å²) < 4.78 is 11.1. The number of carbonyl (C=O) groups is 3. The number of nitrogens with zero attached hydrogens (tertiary/aromatic N) is 1. The van der Waals surface area contributed by atoms with Gasteiger partial charge in [-0.05, 0) is 20.8 Å². The number of carbonyl (C=O) groups excluding carboxylic acids is 3. The molecule has 0 saturated carbocycles. The Morgan fingerprint density at radius 3 is 2.71 bits per heavy atom. The van der Waals surface area contributed by atoms with E-state index in [2.05, 4.69) is 23.3 Å². The maximum atomic E-state index is 12.0. The van der Waals surface area contributed by atoms with E-state index < -0.39 is 24.0 Å². The predicted octanol–water partition coefficient (Wildman–Crippen LogP) is 1.11. The van der Waals surface area contributed by atoms with Crippen LogP contribution in [0.5, 0.6) is 0 Å². The Hall–Kier alpha value is -1.48. The third-order valence-corrected chi connectivity index (χ3v) is 4.23. The Morgan fingerprint density at radius 1 is 1.46 bits per heavy atom. The monoisotopic (exact) mass is 359 g/mol. The highest BCUT2D eigenvalue weighted by Gasteiger charge is 2.43. The minimum Gasteiger partial charge on any atom is -0.444 e. The highest BCUT2D eigenvalue weighted by atomic mass is 32.1. The van der Waals surface area contributed by atoms with Gasteiger partial charge in [-0.15, -0.1) is 0 Å². The van der Waals surface area contributed by atoms with Crippen LogP contribution in [-0.4, -0.2) is 59.2 Å². The summed E-state index contributed by atoms with van der Waals surface area (Å²) in [6.45, 7) is 7.39. The molecule has 9 heteroatoms. The molecule has 4 amide bonds. The number of amides is 4. The summed E-state index contributed by atoms with van der Waals surface area (Å²) in [4.78, 5) is 37.0. The third kappa shape index (κ3) is 4.54. The molecule has 2 N–H and O–H groups in total. The van der Waals surface area contributed by atoms with Crippen LogP contribution >= 0.6 is 12.6 Å². The van der Waals surface area contributed by atoms with E-state index in [-0.39, 0.29) is 30.5 Å². The fourth-order valence-corrected chi connectivity index (χ4v) is 3.05. The number of imide groups is 1. The van der Waals surface area contributed by atoms with Crippen molar-refractivity contribution in [2.75, 3.05) is 12.3 Å². The van der Waals surface area contributed by atoms with Crippen LogP contribution in [0.15, 0.2) is 0 Å². The van der Waals surface area contributed by atoms with E-state index in [0.29, 0.717) is 12.2 Å². The fraction of sp³-hybridized carbons (Fsp3) is 0.800. The van der Waals surface area contributed by atoms with Crippen molar-refractivity contribution in [3.63, 3.8) is 0 Å². The normalized spacial score (nSPS) is 31.0. The molecule has 2 fully saturated rings. The highest BCUT2D eigenvalue weighted by Crippen LogP contribution is 2.26. The SMILES string of the molecule is CC1CN([C@H]2C[C@H](NC(=O)OC(C)(C)C)C(CS)O2)C(=O)NC1=O. The Bertz CT molecular complexity index is 522. The number of alkyl carbamates (subject to hydrolysis) is 1. The Morgan fingerprint density at radius 2 is 2.12 bits per heavy atom. The molecule has 2 saturated heterocycles. The molecule has 2 unspecified atom stereocenters. The molecule has 0 radical (unpaired) electrons. The average molecular weight is 359 g/mol. The van der Waals surface area contributed by atoms with Gasteiger partial charge in [-0.1, -0.05) is 6.92 Å². The van der Waals surface area contributed by atoms with Crippen LogP contribution in [0, 0.1) is 5.92 Å². The summed E-state index contributed by atoms with van der Waals surface area (Å²) in [6, 6.07) is -0.790. The quantitative estimate of drug-likeness (QED) is 0.656. The number of thiol groups is 1. The smallest absolute Gasteiger partial charge is 0.407 e. The topological polar surface area (TPSA) is 97.0 Å². The summed E-state index contributed by atoms with van der Waals surface area (Å²) >= 11 is 4.25. The Balaban J connectivity index is 1.99. The molecule has 136 valence electrons. The van der Waals surface area contributed by atoms with Crippen molar-refractivity contribution in [1.82, 2.24) is 15.5 Å². The van der Waals surface area contributed by atoms with E-state index in [1.165, 1.54) is 4.90 Å². The van der Waals surface area contributed by atoms with E-state index in [0.717, 1.165) is 0 Å². The maximum absolute atomic E-state index is 12.0. The first-order chi connectivity index (χ1) is 11.1. The molecule has 2 rings (SSSR count). The standard InChI is InChI=1S/C15H25N3O5S/c1-8-6-18(13(20)17-12(8)19)11-5-9(10(7-24)22-11)16-14(21)23-15(2,3)4/h8-11,24H,5-7H2,1-4H3,(H,16,21)(H,17,19,20)/t8?,9-,10?,11+/m0/s1. The van der Waals surface area contributed by atoms with E-state index in [9.17, 15) is 14.4 Å². The first-order valence-electron chi connectivity index (χ1n) is 7.98. The predicted molar refractivity (Wildman–Crippen MR) is 89.7 cm³/mol. The van der Waals surface area contributed by atoms with Crippen LogP contribution < -0.4 is 10.6 Å². The second-order valence-corrected chi connectivity index (χ2v) is 7.51. The van der Waals surface area contributed by atoms with Gasteiger partial charge in [0.1, 0.15) is 11.8 Å². The lowest BCUT2D eigenvalue weighted by Gasteiger charge is -2.34. The van der Waals surface area contributed by atoms with E-state index in [1.54, 1.807) is 27.7 Å². The maximum Gasteiger partial charge on any atom is 0.407 e. The summed E-state index contributed by atoms with van der Waals surface area (Å²) in [5.74, 6) is -0.206. The number of urea groups is 1. The van der Waals surface area contributed by atoms with Gasteiger partial charge in [-0.2, -0.15) is 12.6 Å². The largest absolute Gasteiger partial charge is 0.444 e. The molecule has 2 heterocycles. The van der Waals surface area contributed by atoms with E-state index >= 15 is 0 Å². The fourth-order valence-electron chi connectivity index (χ4n) is 2.71. The number of rotatable bonds is 3. The van der Waals surface area contributed by atoms with Gasteiger partial charge in [0.05, 0.1) is 18.1 Å². The van der Waals surface area contributed by atoms with Crippen molar-refractivity contribution < 1.29 is 23.9 Å². The highest BCUT2D eigenvalue weighted by molar-refractivity contribution is 7.80. The zero-order chi connectivity index (χ0) is 18.1. The van der Waals surface area contributed by atoms with Crippen molar-refractivity contribution >= 4 is 30.7 Å². The lowest BCUT2D eigenvalue weighted by Crippen LogP contribution is -2.57. The minimum absolute atomic E-state index is 0.285. The molecule has 0 spiro atoms. The third-order valence-electron chi connectivity index (χ3n) is 3.88. The zero-order valence-electron chi connectivity index (χ0n) is 14.4. The van der Waals surface area contributed by atoms with Crippen LogP contribution in [0.3, 0.4) is 0 Å². The molecule has 0 aliphatic carbocycles. The molecule has 2 aliphatic rings. The van der Waals surface area contributed by atoms with Gasteiger partial charge >= 0.3 is 12.1 Å². The van der Waals surface area contributed by atoms with Gasteiger partial charge in [-0.3, -0.25) is 15.0 Å². The van der Waals surface area contributed by atoms with Crippen molar-refractivity contribution in [3.8, 4) is 0 Å². The molecular formula is C15H25N3O5S. The van der Waals surface area contributed by atoms with Crippen molar-refractivity contribution in [1.29, 1.82) is 0 Å². The molecule has 0 aromatic heterocycles. The van der Waals surface area contributed by atoms with Gasteiger partial charge in [0.2, 0.25) is 5.91 Å². The van der Waals surface area contributed by atoms with Crippen LogP contribution in [-0.2, 0) is 14.3 Å². The molecule has 0 bridgehead atoms. The second-order valence-electron chi connectivity index (χ2n) is 7.15. The van der Waals surface area contributed by atoms with Crippen molar-refractivity contribution in [2.45, 2.75) is 58.1 Å². The average Bonchev–Trinajstić information content (AvgIpc) is 2.83. The lowest BCUT2D eigenvalue weighted by molar-refractivity contribution is -0.127. The summed E-state index contributed by atoms with van der Waals surface area (Å²) in [5, 5.41) is 5.09. The number of ether oxygens (including phenoxy) is 2. The molecule has 2 aliphatic heterocycles. The molecular weight excluding hydrogens is 334 g/mol. The van der Waals surface area contributed by atoms with Crippen LogP contribution in [0.4, 0.5) is 9.59 Å². The van der Waals surface area contributed by atoms with Gasteiger partial charge in [0, 0.05) is 18.7 Å². The first kappa shape index (κ1) is 18.9. The van der Waals surface area contributed by atoms with Crippen LogP contribution in [0.25, 0.3) is 0 Å². The van der Waals surface area contributed by atoms with E-state index in [1.807, 2.05) is 0 Å². The lowest BCUT2D eigenvalue weighted by atomic mass is 10.1.